The highest BCUT2D eigenvalue weighted by Gasteiger charge is 2.27. The molecule has 1 rings (SSSR count). The fraction of sp³-hybridized carbons (Fsp3) is 0.462. The number of carbonyl (C=O) groups is 1. The van der Waals surface area contributed by atoms with E-state index in [2.05, 4.69) is 0 Å². The van der Waals surface area contributed by atoms with Gasteiger partial charge >= 0.3 is 0 Å². The molecule has 0 aliphatic heterocycles. The predicted octanol–water partition coefficient (Wildman–Crippen LogP) is 1.65. The zero-order valence-corrected chi connectivity index (χ0v) is 11.8. The van der Waals surface area contributed by atoms with Crippen LogP contribution in [0.5, 0.6) is 0 Å². The Kier molecular flexibility index (Phi) is 4.29. The minimum Gasteiger partial charge on any atom is -0.330 e. The maximum atomic E-state index is 12.2. The van der Waals surface area contributed by atoms with Crippen molar-refractivity contribution in [1.29, 1.82) is 0 Å². The molecule has 0 aromatic heterocycles. The number of hydrogen-bond donors (Lipinski definition) is 1. The van der Waals surface area contributed by atoms with Crippen molar-refractivity contribution in [1.82, 2.24) is 0 Å². The van der Waals surface area contributed by atoms with Crippen LogP contribution < -0.4 is 5.73 Å². The quantitative estimate of drug-likeness (QED) is 0.824. The maximum absolute atomic E-state index is 12.2. The van der Waals surface area contributed by atoms with Gasteiger partial charge in [-0.15, -0.1) is 0 Å². The summed E-state index contributed by atoms with van der Waals surface area (Å²) in [5, 5.41) is 0. The molecule has 0 unspecified atom stereocenters. The Morgan fingerprint density at radius 3 is 2.11 bits per heavy atom. The molecule has 0 heterocycles. The van der Waals surface area contributed by atoms with Crippen LogP contribution in [0.25, 0.3) is 0 Å². The van der Waals surface area contributed by atoms with Gasteiger partial charge in [0.05, 0.1) is 4.90 Å². The van der Waals surface area contributed by atoms with Crippen LogP contribution in [0.1, 0.15) is 30.6 Å². The Balaban J connectivity index is 3.03. The first-order chi connectivity index (χ1) is 8.18. The fourth-order valence-electron chi connectivity index (χ4n) is 1.72. The Labute approximate surface area is 108 Å². The number of rotatable bonds is 5. The molecule has 0 aliphatic carbocycles. The van der Waals surface area contributed by atoms with Crippen LogP contribution in [0.4, 0.5) is 0 Å². The molecule has 100 valence electrons. The van der Waals surface area contributed by atoms with Gasteiger partial charge in [-0.05, 0) is 25.1 Å². The molecule has 0 amide bonds. The normalized spacial score (nSPS) is 12.4. The molecule has 2 N–H and O–H groups in total. The molecule has 0 atom stereocenters. The van der Waals surface area contributed by atoms with Crippen molar-refractivity contribution >= 4 is 15.6 Å². The average Bonchev–Trinajstić information content (AvgIpc) is 2.27. The zero-order valence-electron chi connectivity index (χ0n) is 10.9. The third-order valence-corrected chi connectivity index (χ3v) is 4.06. The lowest BCUT2D eigenvalue weighted by atomic mass is 9.81. The van der Waals surface area contributed by atoms with Gasteiger partial charge in [0, 0.05) is 17.2 Å². The Morgan fingerprint density at radius 2 is 1.72 bits per heavy atom. The van der Waals surface area contributed by atoms with Crippen LogP contribution in [0, 0.1) is 5.41 Å². The van der Waals surface area contributed by atoms with Crippen molar-refractivity contribution in [2.75, 3.05) is 12.8 Å². The summed E-state index contributed by atoms with van der Waals surface area (Å²) >= 11 is 0. The van der Waals surface area contributed by atoms with E-state index in [1.54, 1.807) is 12.1 Å². The molecule has 0 saturated heterocycles. The summed E-state index contributed by atoms with van der Waals surface area (Å²) in [6, 6.07) is 6.02. The van der Waals surface area contributed by atoms with Crippen molar-refractivity contribution < 1.29 is 13.2 Å². The van der Waals surface area contributed by atoms with Crippen LogP contribution in [0.3, 0.4) is 0 Å². The van der Waals surface area contributed by atoms with Crippen molar-refractivity contribution in [3.63, 3.8) is 0 Å². The van der Waals surface area contributed by atoms with Crippen LogP contribution in [-0.2, 0) is 9.84 Å². The van der Waals surface area contributed by atoms with E-state index in [-0.39, 0.29) is 10.7 Å². The summed E-state index contributed by atoms with van der Waals surface area (Å²) in [6.45, 7) is 4.12. The second kappa shape index (κ2) is 5.20. The van der Waals surface area contributed by atoms with Crippen molar-refractivity contribution in [3.8, 4) is 0 Å². The number of Topliss-reactive ketones (excluding diaryl/α,β-unsaturated/α-hetero) is 1. The van der Waals surface area contributed by atoms with Crippen molar-refractivity contribution in [2.45, 2.75) is 25.2 Å². The molecular formula is C13H19NO3S. The lowest BCUT2D eigenvalue weighted by Gasteiger charge is -2.22. The minimum atomic E-state index is -3.22. The molecule has 0 spiro atoms. The zero-order chi connectivity index (χ0) is 14.0. The first-order valence-electron chi connectivity index (χ1n) is 5.73. The highest BCUT2D eigenvalue weighted by Crippen LogP contribution is 2.25. The van der Waals surface area contributed by atoms with Gasteiger partial charge in [0.15, 0.2) is 15.6 Å². The average molecular weight is 269 g/mol. The monoisotopic (exact) mass is 269 g/mol. The van der Waals surface area contributed by atoms with Gasteiger partial charge in [0.2, 0.25) is 0 Å². The number of nitrogens with two attached hydrogens (primary N) is 1. The van der Waals surface area contributed by atoms with E-state index in [9.17, 15) is 13.2 Å². The molecular weight excluding hydrogens is 250 g/mol. The smallest absolute Gasteiger partial charge is 0.175 e. The van der Waals surface area contributed by atoms with Gasteiger partial charge in [0.1, 0.15) is 0 Å². The van der Waals surface area contributed by atoms with Gasteiger partial charge in [0.25, 0.3) is 0 Å². The Hall–Kier alpha value is -1.20. The van der Waals surface area contributed by atoms with Crippen LogP contribution >= 0.6 is 0 Å². The third kappa shape index (κ3) is 3.40. The standard InChI is InChI=1S/C13H19NO3S/c1-13(2,8-9-14)12(15)10-4-6-11(7-5-10)18(3,16)17/h4-7H,8-9,14H2,1-3H3. The number of ketones is 1. The lowest BCUT2D eigenvalue weighted by Crippen LogP contribution is -2.27. The lowest BCUT2D eigenvalue weighted by molar-refractivity contribution is 0.0829. The Bertz CT molecular complexity index is 530. The van der Waals surface area contributed by atoms with E-state index in [4.69, 9.17) is 5.73 Å². The molecule has 18 heavy (non-hydrogen) atoms. The van der Waals surface area contributed by atoms with E-state index in [1.165, 1.54) is 12.1 Å². The number of carbonyl (C=O) groups excluding carboxylic acids is 1. The fourth-order valence-corrected chi connectivity index (χ4v) is 2.35. The van der Waals surface area contributed by atoms with Crippen LogP contribution in [-0.4, -0.2) is 27.0 Å². The largest absolute Gasteiger partial charge is 0.330 e. The van der Waals surface area contributed by atoms with Gasteiger partial charge in [-0.2, -0.15) is 0 Å². The van der Waals surface area contributed by atoms with E-state index in [0.717, 1.165) is 6.26 Å². The van der Waals surface area contributed by atoms with Crippen molar-refractivity contribution in [3.05, 3.63) is 29.8 Å². The van der Waals surface area contributed by atoms with Gasteiger partial charge in [-0.25, -0.2) is 8.42 Å². The molecule has 0 saturated carbocycles. The number of hydrogen-bond acceptors (Lipinski definition) is 4. The number of sulfone groups is 1. The minimum absolute atomic E-state index is 0.0204. The highest BCUT2D eigenvalue weighted by atomic mass is 32.2. The molecule has 0 bridgehead atoms. The van der Waals surface area contributed by atoms with E-state index in [0.29, 0.717) is 18.5 Å². The molecule has 0 radical (unpaired) electrons. The molecule has 1 aromatic carbocycles. The molecule has 0 fully saturated rings. The van der Waals surface area contributed by atoms with Gasteiger partial charge in [-0.3, -0.25) is 4.79 Å². The molecule has 4 nitrogen and oxygen atoms in total. The third-order valence-electron chi connectivity index (χ3n) is 2.93. The summed E-state index contributed by atoms with van der Waals surface area (Å²) in [6.07, 6.45) is 1.74. The van der Waals surface area contributed by atoms with E-state index < -0.39 is 15.3 Å². The molecule has 5 heteroatoms. The second-order valence-corrected chi connectivity index (χ2v) is 7.06. The first-order valence-corrected chi connectivity index (χ1v) is 7.62. The summed E-state index contributed by atoms with van der Waals surface area (Å²) in [4.78, 5) is 12.4. The summed E-state index contributed by atoms with van der Waals surface area (Å²) < 4.78 is 22.6. The summed E-state index contributed by atoms with van der Waals surface area (Å²) in [5.41, 5.74) is 5.47. The highest BCUT2D eigenvalue weighted by molar-refractivity contribution is 7.90. The molecule has 1 aromatic rings. The summed E-state index contributed by atoms with van der Waals surface area (Å²) in [5.74, 6) is -0.0204. The predicted molar refractivity (Wildman–Crippen MR) is 71.3 cm³/mol. The Morgan fingerprint density at radius 1 is 1.22 bits per heavy atom. The van der Waals surface area contributed by atoms with Crippen molar-refractivity contribution in [2.24, 2.45) is 11.1 Å². The van der Waals surface area contributed by atoms with E-state index in [1.807, 2.05) is 13.8 Å². The van der Waals surface area contributed by atoms with E-state index >= 15 is 0 Å². The second-order valence-electron chi connectivity index (χ2n) is 5.05. The maximum Gasteiger partial charge on any atom is 0.175 e. The van der Waals surface area contributed by atoms with Crippen LogP contribution in [0.2, 0.25) is 0 Å². The van der Waals surface area contributed by atoms with Gasteiger partial charge < -0.3 is 5.73 Å². The van der Waals surface area contributed by atoms with Gasteiger partial charge in [-0.1, -0.05) is 26.0 Å². The first kappa shape index (κ1) is 14.9. The SMILES string of the molecule is CC(C)(CCN)C(=O)c1ccc(S(C)(=O)=O)cc1. The topological polar surface area (TPSA) is 77.2 Å². The number of benzene rings is 1. The molecule has 0 aliphatic rings. The van der Waals surface area contributed by atoms with Crippen LogP contribution in [0.15, 0.2) is 29.2 Å². The summed E-state index contributed by atoms with van der Waals surface area (Å²) in [7, 11) is -3.22.